The summed E-state index contributed by atoms with van der Waals surface area (Å²) >= 11 is 0. The maximum atomic E-state index is 13.5. The minimum atomic E-state index is -3.93. The van der Waals surface area contributed by atoms with Crippen molar-refractivity contribution in [1.29, 1.82) is 0 Å². The van der Waals surface area contributed by atoms with Gasteiger partial charge in [-0.15, -0.1) is 0 Å². The van der Waals surface area contributed by atoms with Crippen molar-refractivity contribution in [1.82, 2.24) is 9.62 Å². The van der Waals surface area contributed by atoms with Crippen LogP contribution >= 0.6 is 0 Å². The van der Waals surface area contributed by atoms with Crippen LogP contribution < -0.4 is 10.1 Å². The topological polar surface area (TPSA) is 75.7 Å². The molecule has 192 valence electrons. The third-order valence-corrected chi connectivity index (χ3v) is 8.37. The van der Waals surface area contributed by atoms with Crippen LogP contribution in [-0.2, 0) is 14.8 Å². The van der Waals surface area contributed by atoms with Crippen LogP contribution in [-0.4, -0.2) is 44.4 Å². The quantitative estimate of drug-likeness (QED) is 0.497. The summed E-state index contributed by atoms with van der Waals surface area (Å²) in [5, 5.41) is 3.05. The van der Waals surface area contributed by atoms with Crippen LogP contribution in [0.1, 0.15) is 50.7 Å². The van der Waals surface area contributed by atoms with E-state index in [0.717, 1.165) is 35.4 Å². The predicted molar refractivity (Wildman–Crippen MR) is 131 cm³/mol. The van der Waals surface area contributed by atoms with Gasteiger partial charge in [-0.3, -0.25) is 4.79 Å². The first kappa shape index (κ1) is 27.1. The molecule has 0 radical (unpaired) electrons. The molecule has 0 aromatic heterocycles. The number of carbonyl (C=O) groups excluding carboxylic acids is 1. The summed E-state index contributed by atoms with van der Waals surface area (Å²) in [6.45, 7) is 8.70. The van der Waals surface area contributed by atoms with E-state index in [-0.39, 0.29) is 29.9 Å². The van der Waals surface area contributed by atoms with E-state index < -0.39 is 27.1 Å². The summed E-state index contributed by atoms with van der Waals surface area (Å²) in [5.74, 6) is -1.51. The normalized spacial score (nSPS) is 15.7. The van der Waals surface area contributed by atoms with Crippen LogP contribution in [0.5, 0.6) is 5.75 Å². The minimum absolute atomic E-state index is 0.0776. The number of amides is 1. The van der Waals surface area contributed by atoms with Gasteiger partial charge in [-0.05, 0) is 74.9 Å². The molecule has 0 unspecified atom stereocenters. The van der Waals surface area contributed by atoms with E-state index in [2.05, 4.69) is 5.32 Å². The molecular formula is C26H34F2N2O4S. The molecule has 1 aliphatic rings. The maximum Gasteiger partial charge on any atom is 0.243 e. The monoisotopic (exact) mass is 508 g/mol. The highest BCUT2D eigenvalue weighted by Crippen LogP contribution is 2.26. The number of halogens is 2. The number of piperidine rings is 1. The molecule has 1 saturated heterocycles. The smallest absolute Gasteiger partial charge is 0.243 e. The highest BCUT2D eigenvalue weighted by atomic mass is 32.2. The number of carbonyl (C=O) groups is 1. The standard InChI is InChI=1S/C26H34F2N2O4S/c1-18-6-7-19(2)24(16-18)34-15-5-12-26(3,4)25(31)29-20-10-13-30(14-11-20)35(32,33)21-8-9-22(27)23(28)17-21/h6-9,16-17,20H,5,10-15H2,1-4H3,(H,29,31). The van der Waals surface area contributed by atoms with E-state index in [1.54, 1.807) is 0 Å². The summed E-state index contributed by atoms with van der Waals surface area (Å²) in [6.07, 6.45) is 2.26. The molecule has 1 amide bonds. The number of hydrogen-bond donors (Lipinski definition) is 1. The summed E-state index contributed by atoms with van der Waals surface area (Å²) < 4.78 is 59.4. The first-order valence-corrected chi connectivity index (χ1v) is 13.3. The Balaban J connectivity index is 1.47. The second-order valence-electron chi connectivity index (χ2n) is 9.83. The van der Waals surface area contributed by atoms with E-state index in [1.165, 1.54) is 4.31 Å². The number of nitrogens with one attached hydrogen (secondary N) is 1. The van der Waals surface area contributed by atoms with Crippen molar-refractivity contribution < 1.29 is 26.7 Å². The first-order chi connectivity index (χ1) is 16.4. The zero-order valence-corrected chi connectivity index (χ0v) is 21.6. The number of aryl methyl sites for hydroxylation is 2. The average molecular weight is 509 g/mol. The summed E-state index contributed by atoms with van der Waals surface area (Å²) in [7, 11) is -3.93. The fraction of sp³-hybridized carbons (Fsp3) is 0.500. The van der Waals surface area contributed by atoms with Gasteiger partial charge in [-0.2, -0.15) is 4.31 Å². The molecule has 1 fully saturated rings. The van der Waals surface area contributed by atoms with Gasteiger partial charge in [0.1, 0.15) is 5.75 Å². The Bertz CT molecular complexity index is 1160. The number of ether oxygens (including phenoxy) is 1. The molecule has 35 heavy (non-hydrogen) atoms. The molecule has 0 spiro atoms. The minimum Gasteiger partial charge on any atom is -0.493 e. The third-order valence-electron chi connectivity index (χ3n) is 6.48. The van der Waals surface area contributed by atoms with Crippen LogP contribution in [0.3, 0.4) is 0 Å². The molecule has 0 atom stereocenters. The number of nitrogens with zero attached hydrogens (tertiary/aromatic N) is 1. The van der Waals surface area contributed by atoms with Crippen LogP contribution in [0, 0.1) is 30.9 Å². The molecule has 2 aromatic rings. The third kappa shape index (κ3) is 6.79. The van der Waals surface area contributed by atoms with Gasteiger partial charge < -0.3 is 10.1 Å². The van der Waals surface area contributed by atoms with Crippen LogP contribution in [0.2, 0.25) is 0 Å². The van der Waals surface area contributed by atoms with Crippen molar-refractivity contribution >= 4 is 15.9 Å². The van der Waals surface area contributed by atoms with Crippen molar-refractivity contribution in [2.75, 3.05) is 19.7 Å². The Morgan fingerprint density at radius 1 is 1.09 bits per heavy atom. The maximum absolute atomic E-state index is 13.5. The van der Waals surface area contributed by atoms with Crippen molar-refractivity contribution in [3.8, 4) is 5.75 Å². The molecule has 0 saturated carbocycles. The highest BCUT2D eigenvalue weighted by molar-refractivity contribution is 7.89. The first-order valence-electron chi connectivity index (χ1n) is 11.9. The van der Waals surface area contributed by atoms with Crippen molar-refractivity contribution in [2.24, 2.45) is 5.41 Å². The number of benzene rings is 2. The van der Waals surface area contributed by atoms with Gasteiger partial charge in [0.15, 0.2) is 11.6 Å². The van der Waals surface area contributed by atoms with E-state index in [4.69, 9.17) is 4.74 Å². The fourth-order valence-electron chi connectivity index (χ4n) is 4.08. The molecule has 9 heteroatoms. The van der Waals surface area contributed by atoms with Gasteiger partial charge in [0.05, 0.1) is 11.5 Å². The molecule has 1 aliphatic heterocycles. The van der Waals surface area contributed by atoms with Gasteiger partial charge in [-0.1, -0.05) is 26.0 Å². The molecule has 1 N–H and O–H groups in total. The van der Waals surface area contributed by atoms with E-state index in [1.807, 2.05) is 45.9 Å². The van der Waals surface area contributed by atoms with Crippen molar-refractivity contribution in [3.63, 3.8) is 0 Å². The highest BCUT2D eigenvalue weighted by Gasteiger charge is 2.33. The SMILES string of the molecule is Cc1ccc(C)c(OCCCC(C)(C)C(=O)NC2CCN(S(=O)(=O)c3ccc(F)c(F)c3)CC2)c1. The Hall–Kier alpha value is -2.52. The Morgan fingerprint density at radius 3 is 2.43 bits per heavy atom. The lowest BCUT2D eigenvalue weighted by Gasteiger charge is -2.33. The average Bonchev–Trinajstić information content (AvgIpc) is 2.81. The lowest BCUT2D eigenvalue weighted by atomic mass is 9.86. The predicted octanol–water partition coefficient (Wildman–Crippen LogP) is 4.74. The Morgan fingerprint density at radius 2 is 1.77 bits per heavy atom. The zero-order valence-electron chi connectivity index (χ0n) is 20.7. The molecule has 0 bridgehead atoms. The Kier molecular flexibility index (Phi) is 8.54. The lowest BCUT2D eigenvalue weighted by Crippen LogP contribution is -2.49. The number of sulfonamides is 1. The molecular weight excluding hydrogens is 474 g/mol. The lowest BCUT2D eigenvalue weighted by molar-refractivity contribution is -0.130. The zero-order chi connectivity index (χ0) is 25.8. The van der Waals surface area contributed by atoms with Crippen LogP contribution in [0.25, 0.3) is 0 Å². The van der Waals surface area contributed by atoms with Crippen LogP contribution in [0.15, 0.2) is 41.3 Å². The number of rotatable bonds is 9. The molecule has 6 nitrogen and oxygen atoms in total. The second-order valence-corrected chi connectivity index (χ2v) is 11.8. The largest absolute Gasteiger partial charge is 0.493 e. The molecule has 1 heterocycles. The van der Waals surface area contributed by atoms with Crippen molar-refractivity contribution in [3.05, 3.63) is 59.2 Å². The molecule has 2 aromatic carbocycles. The fourth-order valence-corrected chi connectivity index (χ4v) is 5.56. The molecule has 0 aliphatic carbocycles. The number of hydrogen-bond acceptors (Lipinski definition) is 4. The summed E-state index contributed by atoms with van der Waals surface area (Å²) in [5.41, 5.74) is 1.61. The van der Waals surface area contributed by atoms with Crippen molar-refractivity contribution in [2.45, 2.75) is 64.3 Å². The molecule has 3 rings (SSSR count). The summed E-state index contributed by atoms with van der Waals surface area (Å²) in [6, 6.07) is 8.49. The van der Waals surface area contributed by atoms with E-state index in [9.17, 15) is 22.0 Å². The summed E-state index contributed by atoms with van der Waals surface area (Å²) in [4.78, 5) is 12.6. The second kappa shape index (κ2) is 11.0. The van der Waals surface area contributed by atoms with E-state index in [0.29, 0.717) is 31.9 Å². The van der Waals surface area contributed by atoms with Crippen LogP contribution in [0.4, 0.5) is 8.78 Å². The van der Waals surface area contributed by atoms with Gasteiger partial charge in [-0.25, -0.2) is 17.2 Å². The van der Waals surface area contributed by atoms with Gasteiger partial charge in [0.2, 0.25) is 15.9 Å². The van der Waals surface area contributed by atoms with E-state index >= 15 is 0 Å². The van der Waals surface area contributed by atoms with Gasteiger partial charge >= 0.3 is 0 Å². The van der Waals surface area contributed by atoms with Gasteiger partial charge in [0.25, 0.3) is 0 Å². The Labute approximate surface area is 206 Å². The van der Waals surface area contributed by atoms with Gasteiger partial charge in [0, 0.05) is 24.5 Å².